The summed E-state index contributed by atoms with van der Waals surface area (Å²) < 4.78 is 27.2. The minimum Gasteiger partial charge on any atom is -0.334 e. The van der Waals surface area contributed by atoms with Gasteiger partial charge in [0.05, 0.1) is 5.52 Å². The van der Waals surface area contributed by atoms with E-state index in [4.69, 9.17) is 11.6 Å². The molecule has 1 aliphatic heterocycles. The van der Waals surface area contributed by atoms with Gasteiger partial charge in [-0.3, -0.25) is 9.59 Å². The summed E-state index contributed by atoms with van der Waals surface area (Å²) in [5.74, 6) is -2.80. The first-order valence-electron chi connectivity index (χ1n) is 8.87. The molecule has 3 aromatic rings. The maximum atomic E-state index is 13.9. The van der Waals surface area contributed by atoms with Crippen molar-refractivity contribution < 1.29 is 13.6 Å². The van der Waals surface area contributed by atoms with Crippen molar-refractivity contribution in [2.24, 2.45) is 0 Å². The molecule has 144 valence electrons. The highest BCUT2D eigenvalue weighted by Gasteiger charge is 2.32. The van der Waals surface area contributed by atoms with Crippen LogP contribution in [0.25, 0.3) is 11.0 Å². The number of fused-ring (bicyclic) bond motifs is 1. The van der Waals surface area contributed by atoms with Crippen molar-refractivity contribution in [2.45, 2.75) is 25.3 Å². The molecule has 8 heteroatoms. The number of aromatic amines is 1. The minimum atomic E-state index is -1.19. The second-order valence-electron chi connectivity index (χ2n) is 6.80. The van der Waals surface area contributed by atoms with E-state index in [0.29, 0.717) is 18.0 Å². The summed E-state index contributed by atoms with van der Waals surface area (Å²) in [6.07, 6.45) is 2.21. The number of hydrogen-bond donors (Lipinski definition) is 1. The van der Waals surface area contributed by atoms with Crippen LogP contribution >= 0.6 is 11.6 Å². The Kier molecular flexibility index (Phi) is 4.85. The Bertz CT molecular complexity index is 1130. The summed E-state index contributed by atoms with van der Waals surface area (Å²) in [4.78, 5) is 33.2. The molecule has 0 bridgehead atoms. The van der Waals surface area contributed by atoms with Crippen molar-refractivity contribution in [3.05, 3.63) is 74.7 Å². The lowest BCUT2D eigenvalue weighted by molar-refractivity contribution is 0.0729. The van der Waals surface area contributed by atoms with Gasteiger partial charge in [0.2, 0.25) is 0 Å². The number of H-pyrrole nitrogens is 1. The smallest absolute Gasteiger partial charge is 0.280 e. The highest BCUT2D eigenvalue weighted by molar-refractivity contribution is 6.30. The number of carbonyl (C=O) groups is 1. The number of carbonyl (C=O) groups excluding carboxylic acids is 1. The molecule has 0 saturated carbocycles. The molecule has 1 unspecified atom stereocenters. The average Bonchev–Trinajstić information content (AvgIpc) is 3.12. The Morgan fingerprint density at radius 2 is 2.11 bits per heavy atom. The lowest BCUT2D eigenvalue weighted by atomic mass is 10.0. The molecule has 1 aromatic heterocycles. The van der Waals surface area contributed by atoms with Crippen molar-refractivity contribution in [3.8, 4) is 0 Å². The van der Waals surface area contributed by atoms with E-state index in [-0.39, 0.29) is 22.8 Å². The van der Waals surface area contributed by atoms with Crippen LogP contribution in [-0.4, -0.2) is 33.4 Å². The third kappa shape index (κ3) is 3.38. The fourth-order valence-electron chi connectivity index (χ4n) is 3.63. The van der Waals surface area contributed by atoms with Crippen molar-refractivity contribution >= 4 is 28.5 Å². The molecule has 0 radical (unpaired) electrons. The number of likely N-dealkylation sites (tertiary alicyclic amines) is 1. The molecule has 1 aliphatic rings. The first-order chi connectivity index (χ1) is 13.4. The van der Waals surface area contributed by atoms with Crippen molar-refractivity contribution in [3.63, 3.8) is 0 Å². The third-order valence-corrected chi connectivity index (χ3v) is 5.19. The maximum Gasteiger partial charge on any atom is 0.280 e. The molecule has 0 aliphatic carbocycles. The molecule has 2 heterocycles. The van der Waals surface area contributed by atoms with Crippen LogP contribution in [0.15, 0.2) is 41.2 Å². The van der Waals surface area contributed by atoms with Gasteiger partial charge in [0.1, 0.15) is 5.52 Å². The second-order valence-corrected chi connectivity index (χ2v) is 7.24. The van der Waals surface area contributed by atoms with E-state index in [1.165, 1.54) is 6.07 Å². The molecule has 1 saturated heterocycles. The first-order valence-corrected chi connectivity index (χ1v) is 9.25. The number of rotatable bonds is 3. The second kappa shape index (κ2) is 7.31. The molecule has 0 spiro atoms. The third-order valence-electron chi connectivity index (χ3n) is 4.96. The SMILES string of the molecule is O=C(c1nc2ccc(F)c(F)c2[nH]c1=O)N1CCCC1Cc1cccc(Cl)c1. The molecule has 5 nitrogen and oxygen atoms in total. The van der Waals surface area contributed by atoms with Gasteiger partial charge in [-0.1, -0.05) is 23.7 Å². The summed E-state index contributed by atoms with van der Waals surface area (Å²) in [7, 11) is 0. The van der Waals surface area contributed by atoms with Crippen molar-refractivity contribution in [1.29, 1.82) is 0 Å². The Balaban J connectivity index is 1.65. The number of hydrogen-bond acceptors (Lipinski definition) is 3. The Morgan fingerprint density at radius 3 is 2.89 bits per heavy atom. The zero-order valence-corrected chi connectivity index (χ0v) is 15.5. The summed E-state index contributed by atoms with van der Waals surface area (Å²) >= 11 is 6.03. The molecule has 4 rings (SSSR count). The molecular formula is C20H16ClF2N3O2. The van der Waals surface area contributed by atoms with Crippen molar-refractivity contribution in [1.82, 2.24) is 14.9 Å². The molecule has 1 N–H and O–H groups in total. The number of halogens is 3. The molecular weight excluding hydrogens is 388 g/mol. The molecule has 1 amide bonds. The van der Waals surface area contributed by atoms with Gasteiger partial charge in [0.15, 0.2) is 17.3 Å². The molecule has 28 heavy (non-hydrogen) atoms. The van der Waals surface area contributed by atoms with Crippen LogP contribution in [0.2, 0.25) is 5.02 Å². The fourth-order valence-corrected chi connectivity index (χ4v) is 3.84. The van der Waals surface area contributed by atoms with Crippen LogP contribution in [0, 0.1) is 11.6 Å². The Labute approximate surface area is 164 Å². The quantitative estimate of drug-likeness (QED) is 0.725. The highest BCUT2D eigenvalue weighted by Crippen LogP contribution is 2.24. The van der Waals surface area contributed by atoms with Gasteiger partial charge < -0.3 is 9.88 Å². The highest BCUT2D eigenvalue weighted by atomic mass is 35.5. The van der Waals surface area contributed by atoms with Crippen LogP contribution < -0.4 is 5.56 Å². The van der Waals surface area contributed by atoms with E-state index in [1.807, 2.05) is 18.2 Å². The van der Waals surface area contributed by atoms with E-state index in [0.717, 1.165) is 24.5 Å². The predicted octanol–water partition coefficient (Wildman–Crippen LogP) is 3.70. The zero-order chi connectivity index (χ0) is 19.8. The normalized spacial score (nSPS) is 16.7. The summed E-state index contributed by atoms with van der Waals surface area (Å²) in [6.45, 7) is 0.501. The molecule has 1 fully saturated rings. The van der Waals surface area contributed by atoms with Crippen LogP contribution in [0.5, 0.6) is 0 Å². The standard InChI is InChI=1S/C20H16ClF2N3O2/c21-12-4-1-3-11(9-12)10-13-5-2-8-26(13)20(28)18-19(27)25-17-15(24-18)7-6-14(22)16(17)23/h1,3-4,6-7,9,13H,2,5,8,10H2,(H,25,27). The van der Waals surface area contributed by atoms with Gasteiger partial charge in [-0.15, -0.1) is 0 Å². The first kappa shape index (κ1) is 18.6. The van der Waals surface area contributed by atoms with Gasteiger partial charge in [0, 0.05) is 17.6 Å². The lowest BCUT2D eigenvalue weighted by Gasteiger charge is -2.24. The van der Waals surface area contributed by atoms with E-state index in [1.54, 1.807) is 11.0 Å². The van der Waals surface area contributed by atoms with Crippen LogP contribution in [-0.2, 0) is 6.42 Å². The number of aromatic nitrogens is 2. The average molecular weight is 404 g/mol. The largest absolute Gasteiger partial charge is 0.334 e. The number of benzene rings is 2. The van der Waals surface area contributed by atoms with E-state index < -0.39 is 23.1 Å². The Hall–Kier alpha value is -2.80. The van der Waals surface area contributed by atoms with Gasteiger partial charge >= 0.3 is 0 Å². The minimum absolute atomic E-state index is 0.0208. The maximum absolute atomic E-state index is 13.9. The van der Waals surface area contributed by atoms with Gasteiger partial charge in [-0.05, 0) is 49.1 Å². The van der Waals surface area contributed by atoms with Crippen LogP contribution in [0.3, 0.4) is 0 Å². The van der Waals surface area contributed by atoms with Crippen molar-refractivity contribution in [2.75, 3.05) is 6.54 Å². The number of nitrogens with one attached hydrogen (secondary N) is 1. The van der Waals surface area contributed by atoms with Crippen LogP contribution in [0.4, 0.5) is 8.78 Å². The zero-order valence-electron chi connectivity index (χ0n) is 14.7. The van der Waals surface area contributed by atoms with Gasteiger partial charge in [-0.25, -0.2) is 13.8 Å². The molecule has 2 aromatic carbocycles. The summed E-state index contributed by atoms with van der Waals surface area (Å²) in [6, 6.07) is 9.47. The number of amides is 1. The summed E-state index contributed by atoms with van der Waals surface area (Å²) in [5.41, 5.74) is -0.493. The Morgan fingerprint density at radius 1 is 1.29 bits per heavy atom. The van der Waals surface area contributed by atoms with Gasteiger partial charge in [0.25, 0.3) is 11.5 Å². The monoisotopic (exact) mass is 403 g/mol. The fraction of sp³-hybridized carbons (Fsp3) is 0.250. The summed E-state index contributed by atoms with van der Waals surface area (Å²) in [5, 5.41) is 0.621. The van der Waals surface area contributed by atoms with E-state index in [9.17, 15) is 18.4 Å². The van der Waals surface area contributed by atoms with E-state index >= 15 is 0 Å². The van der Waals surface area contributed by atoms with Crippen LogP contribution in [0.1, 0.15) is 28.9 Å². The van der Waals surface area contributed by atoms with Gasteiger partial charge in [-0.2, -0.15) is 0 Å². The van der Waals surface area contributed by atoms with E-state index in [2.05, 4.69) is 9.97 Å². The lowest BCUT2D eigenvalue weighted by Crippen LogP contribution is -2.40. The predicted molar refractivity (Wildman–Crippen MR) is 101 cm³/mol. The topological polar surface area (TPSA) is 66.1 Å². The number of nitrogens with zero attached hydrogens (tertiary/aromatic N) is 2. The molecule has 1 atom stereocenters.